The number of aryl methyl sites for hydroxylation is 2. The molecule has 0 aliphatic carbocycles. The van der Waals surface area contributed by atoms with Crippen LogP contribution in [0.3, 0.4) is 0 Å². The first kappa shape index (κ1) is 11.2. The van der Waals surface area contributed by atoms with E-state index in [-0.39, 0.29) is 0 Å². The molecule has 2 rings (SSSR count). The average molecular weight is 219 g/mol. The molecule has 0 bridgehead atoms. The molecule has 1 aromatic heterocycles. The smallest absolute Gasteiger partial charge is 0.153 e. The highest BCUT2D eigenvalue weighted by molar-refractivity contribution is 5.78. The zero-order valence-corrected chi connectivity index (χ0v) is 9.79. The average Bonchev–Trinajstić information content (AvgIpc) is 2.29. The Labute approximate surface area is 95.5 Å². The summed E-state index contributed by atoms with van der Waals surface area (Å²) in [4.78, 5) is 19.8. The lowest BCUT2D eigenvalue weighted by Gasteiger charge is -2.23. The van der Waals surface area contributed by atoms with Gasteiger partial charge in [-0.1, -0.05) is 0 Å². The summed E-state index contributed by atoms with van der Waals surface area (Å²) in [6.07, 6.45) is 3.00. The summed E-state index contributed by atoms with van der Waals surface area (Å²) in [7, 11) is 0. The number of piperidine rings is 1. The van der Waals surface area contributed by atoms with E-state index >= 15 is 0 Å². The van der Waals surface area contributed by atoms with Gasteiger partial charge in [0.15, 0.2) is 6.29 Å². The zero-order chi connectivity index (χ0) is 11.5. The van der Waals surface area contributed by atoms with Gasteiger partial charge in [0.2, 0.25) is 0 Å². The van der Waals surface area contributed by atoms with Gasteiger partial charge < -0.3 is 5.32 Å². The number of aldehydes is 1. The zero-order valence-electron chi connectivity index (χ0n) is 9.79. The largest absolute Gasteiger partial charge is 0.317 e. The monoisotopic (exact) mass is 219 g/mol. The van der Waals surface area contributed by atoms with E-state index in [0.29, 0.717) is 11.5 Å². The van der Waals surface area contributed by atoms with Crippen LogP contribution in [0.15, 0.2) is 0 Å². The van der Waals surface area contributed by atoms with Crippen LogP contribution >= 0.6 is 0 Å². The van der Waals surface area contributed by atoms with Crippen molar-refractivity contribution >= 4 is 6.29 Å². The van der Waals surface area contributed by atoms with Gasteiger partial charge in [-0.15, -0.1) is 0 Å². The summed E-state index contributed by atoms with van der Waals surface area (Å²) in [5.41, 5.74) is 2.44. The maximum atomic E-state index is 11.1. The van der Waals surface area contributed by atoms with E-state index in [1.54, 1.807) is 0 Å². The molecule has 1 aliphatic heterocycles. The predicted octanol–water partition coefficient (Wildman–Crippen LogP) is 1.37. The van der Waals surface area contributed by atoms with E-state index in [2.05, 4.69) is 15.3 Å². The molecule has 0 atom stereocenters. The Morgan fingerprint density at radius 1 is 1.25 bits per heavy atom. The predicted molar refractivity (Wildman–Crippen MR) is 61.7 cm³/mol. The highest BCUT2D eigenvalue weighted by Gasteiger charge is 2.21. The summed E-state index contributed by atoms with van der Waals surface area (Å²) < 4.78 is 0. The Kier molecular flexibility index (Phi) is 3.29. The minimum absolute atomic E-state index is 0.404. The second-order valence-corrected chi connectivity index (χ2v) is 4.30. The van der Waals surface area contributed by atoms with Crippen molar-refractivity contribution in [1.82, 2.24) is 15.3 Å². The van der Waals surface area contributed by atoms with E-state index in [1.807, 2.05) is 13.8 Å². The second kappa shape index (κ2) is 4.70. The quantitative estimate of drug-likeness (QED) is 0.763. The number of hydrogen-bond donors (Lipinski definition) is 1. The van der Waals surface area contributed by atoms with Crippen molar-refractivity contribution in [1.29, 1.82) is 0 Å². The minimum Gasteiger partial charge on any atom is -0.317 e. The van der Waals surface area contributed by atoms with Crippen LogP contribution in [-0.2, 0) is 0 Å². The highest BCUT2D eigenvalue weighted by atomic mass is 16.1. The summed E-state index contributed by atoms with van der Waals surface area (Å²) in [5, 5.41) is 3.32. The van der Waals surface area contributed by atoms with Gasteiger partial charge in [-0.3, -0.25) is 4.79 Å². The van der Waals surface area contributed by atoms with E-state index in [9.17, 15) is 4.79 Å². The minimum atomic E-state index is 0.404. The molecule has 0 spiro atoms. The lowest BCUT2D eigenvalue weighted by molar-refractivity contribution is 0.112. The molecule has 0 unspecified atom stereocenters. The van der Waals surface area contributed by atoms with E-state index in [4.69, 9.17) is 0 Å². The number of aromatic nitrogens is 2. The number of hydrogen-bond acceptors (Lipinski definition) is 4. The molecule has 86 valence electrons. The van der Waals surface area contributed by atoms with Gasteiger partial charge in [0, 0.05) is 5.92 Å². The van der Waals surface area contributed by atoms with Gasteiger partial charge in [-0.2, -0.15) is 0 Å². The SMILES string of the molecule is Cc1nc(C)c(C=O)c(C2CCNCC2)n1. The number of nitrogens with one attached hydrogen (secondary N) is 1. The molecule has 16 heavy (non-hydrogen) atoms. The fourth-order valence-electron chi connectivity index (χ4n) is 2.30. The highest BCUT2D eigenvalue weighted by Crippen LogP contribution is 2.26. The van der Waals surface area contributed by atoms with Crippen molar-refractivity contribution in [2.45, 2.75) is 32.6 Å². The van der Waals surface area contributed by atoms with Crippen LogP contribution in [0.2, 0.25) is 0 Å². The molecule has 1 fully saturated rings. The summed E-state index contributed by atoms with van der Waals surface area (Å²) in [6, 6.07) is 0. The van der Waals surface area contributed by atoms with Gasteiger partial charge in [0.1, 0.15) is 5.82 Å². The summed E-state index contributed by atoms with van der Waals surface area (Å²) >= 11 is 0. The Morgan fingerprint density at radius 2 is 1.94 bits per heavy atom. The normalized spacial score (nSPS) is 17.4. The van der Waals surface area contributed by atoms with Crippen LogP contribution < -0.4 is 5.32 Å². The molecule has 2 heterocycles. The van der Waals surface area contributed by atoms with Gasteiger partial charge in [0.25, 0.3) is 0 Å². The Morgan fingerprint density at radius 3 is 2.56 bits per heavy atom. The van der Waals surface area contributed by atoms with Crippen molar-refractivity contribution in [2.75, 3.05) is 13.1 Å². The van der Waals surface area contributed by atoms with Gasteiger partial charge in [-0.25, -0.2) is 9.97 Å². The first-order chi connectivity index (χ1) is 7.72. The third kappa shape index (κ3) is 2.11. The van der Waals surface area contributed by atoms with Crippen LogP contribution in [0.4, 0.5) is 0 Å². The van der Waals surface area contributed by atoms with Crippen LogP contribution in [0.5, 0.6) is 0 Å². The van der Waals surface area contributed by atoms with Crippen molar-refractivity contribution in [3.8, 4) is 0 Å². The van der Waals surface area contributed by atoms with E-state index in [0.717, 1.165) is 49.4 Å². The maximum absolute atomic E-state index is 11.1. The molecule has 1 aliphatic rings. The van der Waals surface area contributed by atoms with Crippen LogP contribution in [0.1, 0.15) is 46.3 Å². The molecular formula is C12H17N3O. The topological polar surface area (TPSA) is 54.9 Å². The molecule has 0 radical (unpaired) electrons. The van der Waals surface area contributed by atoms with Crippen LogP contribution in [0.25, 0.3) is 0 Å². The fraction of sp³-hybridized carbons (Fsp3) is 0.583. The van der Waals surface area contributed by atoms with Gasteiger partial charge >= 0.3 is 0 Å². The number of carbonyl (C=O) groups excluding carboxylic acids is 1. The first-order valence-electron chi connectivity index (χ1n) is 5.73. The molecule has 4 nitrogen and oxygen atoms in total. The molecule has 0 saturated carbocycles. The Hall–Kier alpha value is -1.29. The van der Waals surface area contributed by atoms with Crippen LogP contribution in [-0.4, -0.2) is 29.3 Å². The molecule has 1 saturated heterocycles. The molecule has 4 heteroatoms. The second-order valence-electron chi connectivity index (χ2n) is 4.30. The van der Waals surface area contributed by atoms with Crippen LogP contribution in [0, 0.1) is 13.8 Å². The maximum Gasteiger partial charge on any atom is 0.153 e. The molecule has 0 aromatic carbocycles. The number of rotatable bonds is 2. The van der Waals surface area contributed by atoms with E-state index in [1.165, 1.54) is 0 Å². The summed E-state index contributed by atoms with van der Waals surface area (Å²) in [6.45, 7) is 5.77. The first-order valence-corrected chi connectivity index (χ1v) is 5.73. The Bertz CT molecular complexity index is 397. The number of nitrogens with zero attached hydrogens (tertiary/aromatic N) is 2. The number of carbonyl (C=O) groups is 1. The third-order valence-corrected chi connectivity index (χ3v) is 3.12. The van der Waals surface area contributed by atoms with Crippen molar-refractivity contribution in [3.05, 3.63) is 22.8 Å². The Balaban J connectivity index is 2.40. The summed E-state index contributed by atoms with van der Waals surface area (Å²) in [5.74, 6) is 1.17. The molecular weight excluding hydrogens is 202 g/mol. The molecule has 0 amide bonds. The third-order valence-electron chi connectivity index (χ3n) is 3.12. The standard InChI is InChI=1S/C12H17N3O/c1-8-11(7-16)12(15-9(2)14-8)10-3-5-13-6-4-10/h7,10,13H,3-6H2,1-2H3. The van der Waals surface area contributed by atoms with Crippen molar-refractivity contribution in [3.63, 3.8) is 0 Å². The molecule has 1 aromatic rings. The van der Waals surface area contributed by atoms with Crippen molar-refractivity contribution in [2.24, 2.45) is 0 Å². The van der Waals surface area contributed by atoms with Crippen molar-refractivity contribution < 1.29 is 4.79 Å². The van der Waals surface area contributed by atoms with Gasteiger partial charge in [0.05, 0.1) is 17.0 Å². The lowest BCUT2D eigenvalue weighted by Crippen LogP contribution is -2.28. The lowest BCUT2D eigenvalue weighted by atomic mass is 9.91. The molecule has 1 N–H and O–H groups in total. The fourth-order valence-corrected chi connectivity index (χ4v) is 2.30. The van der Waals surface area contributed by atoms with E-state index < -0.39 is 0 Å². The van der Waals surface area contributed by atoms with Gasteiger partial charge in [-0.05, 0) is 39.8 Å².